The molecular weight excluding hydrogens is 224 g/mol. The van der Waals surface area contributed by atoms with E-state index in [1.54, 1.807) is 0 Å². The molecule has 1 aromatic rings. The highest BCUT2D eigenvalue weighted by molar-refractivity contribution is 5.20. The molecule has 0 atom stereocenters. The van der Waals surface area contributed by atoms with Crippen molar-refractivity contribution >= 4 is 0 Å². The van der Waals surface area contributed by atoms with E-state index in [1.165, 1.54) is 13.0 Å². The molecule has 0 aliphatic carbocycles. The molecule has 1 heterocycles. The normalized spacial score (nSPS) is 15.7. The Bertz CT molecular complexity index is 325. The molecule has 2 rings (SSSR count). The maximum absolute atomic E-state index is 5.72. The van der Waals surface area contributed by atoms with E-state index in [-0.39, 0.29) is 0 Å². The summed E-state index contributed by atoms with van der Waals surface area (Å²) in [5.74, 6) is 0.977. The molecule has 0 aromatic heterocycles. The van der Waals surface area contributed by atoms with Gasteiger partial charge in [0.05, 0.1) is 6.61 Å². The minimum atomic E-state index is 0.752. The van der Waals surface area contributed by atoms with Gasteiger partial charge in [0.15, 0.2) is 0 Å². The Labute approximate surface area is 110 Å². The van der Waals surface area contributed by atoms with Crippen LogP contribution in [0.2, 0.25) is 0 Å². The topological polar surface area (TPSA) is 24.5 Å². The second kappa shape index (κ2) is 7.39. The molecule has 0 spiro atoms. The molecule has 1 aliphatic rings. The lowest BCUT2D eigenvalue weighted by Crippen LogP contribution is -2.57. The first-order valence-electron chi connectivity index (χ1n) is 7.02. The third kappa shape index (κ3) is 4.00. The van der Waals surface area contributed by atoms with Gasteiger partial charge in [0, 0.05) is 25.7 Å². The second-order valence-corrected chi connectivity index (χ2v) is 4.86. The molecule has 1 fully saturated rings. The summed E-state index contributed by atoms with van der Waals surface area (Å²) in [4.78, 5) is 2.59. The van der Waals surface area contributed by atoms with E-state index >= 15 is 0 Å². The van der Waals surface area contributed by atoms with Crippen LogP contribution in [0.5, 0.6) is 5.75 Å². The third-order valence-corrected chi connectivity index (χ3v) is 3.39. The van der Waals surface area contributed by atoms with Crippen LogP contribution in [0.15, 0.2) is 30.3 Å². The molecule has 1 saturated heterocycles. The van der Waals surface area contributed by atoms with E-state index in [9.17, 15) is 0 Å². The van der Waals surface area contributed by atoms with Gasteiger partial charge in [-0.3, -0.25) is 4.90 Å². The van der Waals surface area contributed by atoms with Gasteiger partial charge >= 0.3 is 0 Å². The highest BCUT2D eigenvalue weighted by Crippen LogP contribution is 2.10. The first kappa shape index (κ1) is 13.4. The highest BCUT2D eigenvalue weighted by Gasteiger charge is 2.23. The predicted molar refractivity (Wildman–Crippen MR) is 75.1 cm³/mol. The number of rotatable bonds is 8. The fourth-order valence-electron chi connectivity index (χ4n) is 2.27. The monoisotopic (exact) mass is 248 g/mol. The number of nitrogens with one attached hydrogen (secondary N) is 1. The lowest BCUT2D eigenvalue weighted by Gasteiger charge is -2.38. The lowest BCUT2D eigenvalue weighted by molar-refractivity contribution is 0.135. The van der Waals surface area contributed by atoms with Crippen LogP contribution in [0.1, 0.15) is 19.8 Å². The van der Waals surface area contributed by atoms with Crippen LogP contribution in [0, 0.1) is 0 Å². The Morgan fingerprint density at radius 2 is 2.00 bits per heavy atom. The van der Waals surface area contributed by atoms with Gasteiger partial charge in [-0.25, -0.2) is 0 Å². The van der Waals surface area contributed by atoms with Gasteiger partial charge in [-0.15, -0.1) is 0 Å². The average molecular weight is 248 g/mol. The van der Waals surface area contributed by atoms with Crippen LogP contribution in [-0.2, 0) is 0 Å². The summed E-state index contributed by atoms with van der Waals surface area (Å²) in [5.41, 5.74) is 0. The van der Waals surface area contributed by atoms with Crippen LogP contribution in [0.4, 0.5) is 0 Å². The minimum absolute atomic E-state index is 0.752. The van der Waals surface area contributed by atoms with Crippen molar-refractivity contribution in [3.8, 4) is 5.75 Å². The van der Waals surface area contributed by atoms with Crippen molar-refractivity contribution in [3.05, 3.63) is 30.3 Å². The average Bonchev–Trinajstić information content (AvgIpc) is 2.34. The van der Waals surface area contributed by atoms with Gasteiger partial charge in [0.2, 0.25) is 0 Å². The van der Waals surface area contributed by atoms with Crippen LogP contribution < -0.4 is 10.1 Å². The summed E-state index contributed by atoms with van der Waals surface area (Å²) in [5, 5.41) is 3.34. The molecule has 18 heavy (non-hydrogen) atoms. The fourth-order valence-corrected chi connectivity index (χ4v) is 2.27. The van der Waals surface area contributed by atoms with Crippen molar-refractivity contribution in [3.63, 3.8) is 0 Å². The van der Waals surface area contributed by atoms with Gasteiger partial charge in [0.1, 0.15) is 5.75 Å². The zero-order valence-electron chi connectivity index (χ0n) is 11.3. The SMILES string of the molecule is CCCN(CCCOc1ccccc1)C1CNC1. The van der Waals surface area contributed by atoms with Crippen molar-refractivity contribution in [1.29, 1.82) is 0 Å². The van der Waals surface area contributed by atoms with E-state index in [0.29, 0.717) is 0 Å². The zero-order chi connectivity index (χ0) is 12.6. The van der Waals surface area contributed by atoms with Gasteiger partial charge in [-0.05, 0) is 31.5 Å². The Morgan fingerprint density at radius 3 is 2.61 bits per heavy atom. The largest absolute Gasteiger partial charge is 0.494 e. The molecule has 3 nitrogen and oxygen atoms in total. The molecule has 100 valence electrons. The van der Waals surface area contributed by atoms with E-state index < -0.39 is 0 Å². The van der Waals surface area contributed by atoms with Gasteiger partial charge in [-0.2, -0.15) is 0 Å². The van der Waals surface area contributed by atoms with Crippen molar-refractivity contribution in [2.75, 3.05) is 32.8 Å². The molecule has 0 amide bonds. The fraction of sp³-hybridized carbons (Fsp3) is 0.600. The van der Waals surface area contributed by atoms with Crippen LogP contribution in [-0.4, -0.2) is 43.7 Å². The van der Waals surface area contributed by atoms with Gasteiger partial charge < -0.3 is 10.1 Å². The van der Waals surface area contributed by atoms with Crippen LogP contribution >= 0.6 is 0 Å². The number of nitrogens with zero attached hydrogens (tertiary/aromatic N) is 1. The smallest absolute Gasteiger partial charge is 0.119 e. The number of hydrogen-bond acceptors (Lipinski definition) is 3. The zero-order valence-corrected chi connectivity index (χ0v) is 11.3. The predicted octanol–water partition coefficient (Wildman–Crippen LogP) is 2.14. The molecule has 3 heteroatoms. The van der Waals surface area contributed by atoms with Crippen molar-refractivity contribution in [2.45, 2.75) is 25.8 Å². The number of benzene rings is 1. The lowest BCUT2D eigenvalue weighted by atomic mass is 10.1. The molecule has 0 unspecified atom stereocenters. The standard InChI is InChI=1S/C15H24N2O/c1-2-9-17(14-12-16-13-14)10-6-11-18-15-7-4-3-5-8-15/h3-5,7-8,14,16H,2,6,9-13H2,1H3. The summed E-state index contributed by atoms with van der Waals surface area (Å²) in [6, 6.07) is 10.8. The maximum atomic E-state index is 5.72. The van der Waals surface area contributed by atoms with Gasteiger partial charge in [0.25, 0.3) is 0 Å². The molecule has 0 bridgehead atoms. The Morgan fingerprint density at radius 1 is 1.22 bits per heavy atom. The van der Waals surface area contributed by atoms with Crippen molar-refractivity contribution in [1.82, 2.24) is 10.2 Å². The number of hydrogen-bond donors (Lipinski definition) is 1. The van der Waals surface area contributed by atoms with Crippen LogP contribution in [0.25, 0.3) is 0 Å². The van der Waals surface area contributed by atoms with Crippen LogP contribution in [0.3, 0.4) is 0 Å². The van der Waals surface area contributed by atoms with E-state index in [1.807, 2.05) is 30.3 Å². The first-order chi connectivity index (χ1) is 8.90. The quantitative estimate of drug-likeness (QED) is 0.713. The van der Waals surface area contributed by atoms with Gasteiger partial charge in [-0.1, -0.05) is 25.1 Å². The summed E-state index contributed by atoms with van der Waals surface area (Å²) in [6.07, 6.45) is 2.33. The molecule has 0 saturated carbocycles. The Hall–Kier alpha value is -1.06. The summed E-state index contributed by atoms with van der Waals surface area (Å²) in [6.45, 7) is 7.72. The van der Waals surface area contributed by atoms with Crippen molar-refractivity contribution in [2.24, 2.45) is 0 Å². The highest BCUT2D eigenvalue weighted by atomic mass is 16.5. The summed E-state index contributed by atoms with van der Waals surface area (Å²) in [7, 11) is 0. The molecule has 1 aliphatic heterocycles. The number of ether oxygens (including phenoxy) is 1. The molecular formula is C15H24N2O. The van der Waals surface area contributed by atoms with Crippen molar-refractivity contribution < 1.29 is 4.74 Å². The molecule has 0 radical (unpaired) electrons. The first-order valence-corrected chi connectivity index (χ1v) is 7.02. The maximum Gasteiger partial charge on any atom is 0.119 e. The van der Waals surface area contributed by atoms with E-state index in [4.69, 9.17) is 4.74 Å². The minimum Gasteiger partial charge on any atom is -0.494 e. The Kier molecular flexibility index (Phi) is 5.49. The molecule has 1 N–H and O–H groups in total. The molecule has 1 aromatic carbocycles. The second-order valence-electron chi connectivity index (χ2n) is 4.86. The van der Waals surface area contributed by atoms with E-state index in [0.717, 1.165) is 44.5 Å². The Balaban J connectivity index is 1.63. The summed E-state index contributed by atoms with van der Waals surface area (Å²) < 4.78 is 5.72. The van der Waals surface area contributed by atoms with E-state index in [2.05, 4.69) is 17.1 Å². The third-order valence-electron chi connectivity index (χ3n) is 3.39. The summed E-state index contributed by atoms with van der Waals surface area (Å²) >= 11 is 0. The number of para-hydroxylation sites is 1.